The zero-order valence-electron chi connectivity index (χ0n) is 18.9. The first-order valence-corrected chi connectivity index (χ1v) is 11.9. The Morgan fingerprint density at radius 1 is 0.966 bits per heavy atom. The van der Waals surface area contributed by atoms with Crippen LogP contribution in [0.15, 0.2) is 0 Å². The zero-order valence-corrected chi connectivity index (χ0v) is 18.9. The van der Waals surface area contributed by atoms with Crippen molar-refractivity contribution in [2.45, 2.75) is 77.8 Å². The fourth-order valence-electron chi connectivity index (χ4n) is 4.93. The van der Waals surface area contributed by atoms with Crippen molar-refractivity contribution in [1.82, 2.24) is 15.1 Å². The number of Topliss-reactive ketones (excluding diaryl/α,β-unsaturated/α-hetero) is 1. The molecule has 1 N–H and O–H groups in total. The van der Waals surface area contributed by atoms with Crippen molar-refractivity contribution in [1.29, 1.82) is 0 Å². The number of carbonyl (C=O) groups is 2. The minimum atomic E-state index is -1.15. The summed E-state index contributed by atoms with van der Waals surface area (Å²) in [6.45, 7) is 11.3. The number of nitrogens with one attached hydrogen (secondary N) is 1. The van der Waals surface area contributed by atoms with E-state index in [0.717, 1.165) is 58.3 Å². The molecule has 168 valence electrons. The Labute approximate surface area is 176 Å². The van der Waals surface area contributed by atoms with Crippen LogP contribution in [0.1, 0.15) is 72.1 Å². The maximum atomic E-state index is 15.2. The van der Waals surface area contributed by atoms with Gasteiger partial charge in [0.2, 0.25) is 5.91 Å². The van der Waals surface area contributed by atoms with Crippen molar-refractivity contribution in [3.63, 3.8) is 0 Å². The lowest BCUT2D eigenvalue weighted by molar-refractivity contribution is -0.140. The van der Waals surface area contributed by atoms with Gasteiger partial charge in [0.15, 0.2) is 0 Å². The normalized spacial score (nSPS) is 27.7. The molecule has 0 atom stereocenters. The van der Waals surface area contributed by atoms with Crippen molar-refractivity contribution in [2.75, 3.05) is 45.8 Å². The van der Waals surface area contributed by atoms with Crippen LogP contribution in [0, 0.1) is 11.8 Å². The number of alkyl halides is 1. The molecule has 1 saturated carbocycles. The SMILES string of the molecule is CC.CCCC(=O)C1CCC(C(=O)N2CCC(F)(CN3CCNCC3)CC2)CC1. The molecule has 5 nitrogen and oxygen atoms in total. The highest BCUT2D eigenvalue weighted by Crippen LogP contribution is 2.34. The molecule has 29 heavy (non-hydrogen) atoms. The van der Waals surface area contributed by atoms with Gasteiger partial charge in [-0.25, -0.2) is 4.39 Å². The molecule has 1 aliphatic carbocycles. The number of piperidine rings is 1. The number of piperazine rings is 1. The lowest BCUT2D eigenvalue weighted by atomic mass is 9.78. The number of ketones is 1. The second kappa shape index (κ2) is 12.0. The van der Waals surface area contributed by atoms with Gasteiger partial charge >= 0.3 is 0 Å². The number of halogens is 1. The minimum Gasteiger partial charge on any atom is -0.342 e. The Morgan fingerprint density at radius 2 is 1.52 bits per heavy atom. The predicted molar refractivity (Wildman–Crippen MR) is 116 cm³/mol. The summed E-state index contributed by atoms with van der Waals surface area (Å²) in [7, 11) is 0. The standard InChI is InChI=1S/C21H36FN3O2.C2H6/c1-2-3-19(26)17-4-6-18(7-5-17)20(27)25-12-8-21(22,9-13-25)16-24-14-10-23-11-15-24;1-2/h17-18,23H,2-16H2,1H3;1-2H3. The first kappa shape index (κ1) is 24.3. The van der Waals surface area contributed by atoms with Crippen LogP contribution in [-0.4, -0.2) is 73.0 Å². The van der Waals surface area contributed by atoms with E-state index in [2.05, 4.69) is 10.2 Å². The number of nitrogens with zero attached hydrogens (tertiary/aromatic N) is 2. The van der Waals surface area contributed by atoms with Crippen molar-refractivity contribution < 1.29 is 14.0 Å². The van der Waals surface area contributed by atoms with Crippen LogP contribution >= 0.6 is 0 Å². The average molecular weight is 412 g/mol. The van der Waals surface area contributed by atoms with Crippen LogP contribution in [0.25, 0.3) is 0 Å². The Balaban J connectivity index is 0.00000145. The summed E-state index contributed by atoms with van der Waals surface area (Å²) >= 11 is 0. The summed E-state index contributed by atoms with van der Waals surface area (Å²) in [5.41, 5.74) is -1.15. The Kier molecular flexibility index (Phi) is 10.0. The molecule has 0 aromatic rings. The van der Waals surface area contributed by atoms with Crippen LogP contribution in [-0.2, 0) is 9.59 Å². The van der Waals surface area contributed by atoms with E-state index < -0.39 is 5.67 Å². The fourth-order valence-corrected chi connectivity index (χ4v) is 4.93. The molecule has 3 rings (SSSR count). The largest absolute Gasteiger partial charge is 0.342 e. The molecule has 3 fully saturated rings. The number of hydrogen-bond donors (Lipinski definition) is 1. The second-order valence-electron chi connectivity index (χ2n) is 8.77. The van der Waals surface area contributed by atoms with Gasteiger partial charge in [-0.2, -0.15) is 0 Å². The molecule has 2 saturated heterocycles. The average Bonchev–Trinajstić information content (AvgIpc) is 2.76. The third-order valence-electron chi connectivity index (χ3n) is 6.72. The maximum absolute atomic E-state index is 15.2. The van der Waals surface area contributed by atoms with E-state index in [4.69, 9.17) is 0 Å². The van der Waals surface area contributed by atoms with Crippen LogP contribution in [0.3, 0.4) is 0 Å². The second-order valence-corrected chi connectivity index (χ2v) is 8.77. The molecule has 6 heteroatoms. The minimum absolute atomic E-state index is 0.0379. The molecular formula is C23H42FN3O2. The highest BCUT2D eigenvalue weighted by atomic mass is 19.1. The van der Waals surface area contributed by atoms with Crippen molar-refractivity contribution >= 4 is 11.7 Å². The summed E-state index contributed by atoms with van der Waals surface area (Å²) in [6, 6.07) is 0. The number of rotatable bonds is 6. The molecule has 0 aromatic heterocycles. The van der Waals surface area contributed by atoms with Gasteiger partial charge in [0, 0.05) is 76.9 Å². The van der Waals surface area contributed by atoms with E-state index in [0.29, 0.717) is 44.7 Å². The van der Waals surface area contributed by atoms with E-state index in [1.165, 1.54) is 0 Å². The van der Waals surface area contributed by atoms with Crippen LogP contribution in [0.5, 0.6) is 0 Å². The Bertz CT molecular complexity index is 506. The molecule has 0 radical (unpaired) electrons. The van der Waals surface area contributed by atoms with E-state index in [9.17, 15) is 9.59 Å². The maximum Gasteiger partial charge on any atom is 0.225 e. The van der Waals surface area contributed by atoms with Gasteiger partial charge in [0.05, 0.1) is 0 Å². The molecule has 2 aliphatic heterocycles. The summed E-state index contributed by atoms with van der Waals surface area (Å²) in [5, 5.41) is 3.30. The topological polar surface area (TPSA) is 52.7 Å². The molecular weight excluding hydrogens is 369 g/mol. The Morgan fingerprint density at radius 3 is 2.07 bits per heavy atom. The van der Waals surface area contributed by atoms with Gasteiger partial charge in [-0.05, 0) is 32.1 Å². The third-order valence-corrected chi connectivity index (χ3v) is 6.72. The molecule has 2 heterocycles. The number of likely N-dealkylation sites (tertiary alicyclic amines) is 1. The monoisotopic (exact) mass is 411 g/mol. The first-order chi connectivity index (χ1) is 14.0. The summed E-state index contributed by atoms with van der Waals surface area (Å²) in [6.07, 6.45) is 5.80. The molecule has 0 bridgehead atoms. The molecule has 0 aromatic carbocycles. The van der Waals surface area contributed by atoms with Gasteiger partial charge in [-0.1, -0.05) is 20.8 Å². The lowest BCUT2D eigenvalue weighted by Crippen LogP contribution is -2.54. The highest BCUT2D eigenvalue weighted by molar-refractivity contribution is 5.82. The summed E-state index contributed by atoms with van der Waals surface area (Å²) in [5.74, 6) is 0.765. The van der Waals surface area contributed by atoms with Gasteiger partial charge in [-0.3, -0.25) is 14.5 Å². The van der Waals surface area contributed by atoms with E-state index in [-0.39, 0.29) is 17.7 Å². The van der Waals surface area contributed by atoms with Gasteiger partial charge < -0.3 is 10.2 Å². The number of carbonyl (C=O) groups excluding carboxylic acids is 2. The van der Waals surface area contributed by atoms with Crippen molar-refractivity contribution in [3.8, 4) is 0 Å². The van der Waals surface area contributed by atoms with E-state index >= 15 is 4.39 Å². The van der Waals surface area contributed by atoms with Gasteiger partial charge in [0.25, 0.3) is 0 Å². The molecule has 0 spiro atoms. The molecule has 0 unspecified atom stereocenters. The van der Waals surface area contributed by atoms with Crippen molar-refractivity contribution in [2.24, 2.45) is 11.8 Å². The van der Waals surface area contributed by atoms with Gasteiger partial charge in [-0.15, -0.1) is 0 Å². The number of hydrogen-bond acceptors (Lipinski definition) is 4. The van der Waals surface area contributed by atoms with Crippen LogP contribution < -0.4 is 5.32 Å². The van der Waals surface area contributed by atoms with Gasteiger partial charge in [0.1, 0.15) is 11.5 Å². The highest BCUT2D eigenvalue weighted by Gasteiger charge is 2.39. The third kappa shape index (κ3) is 7.02. The number of amides is 1. The Hall–Kier alpha value is -1.01. The quantitative estimate of drug-likeness (QED) is 0.728. The molecule has 1 amide bonds. The van der Waals surface area contributed by atoms with Crippen molar-refractivity contribution in [3.05, 3.63) is 0 Å². The summed E-state index contributed by atoms with van der Waals surface area (Å²) < 4.78 is 15.2. The summed E-state index contributed by atoms with van der Waals surface area (Å²) in [4.78, 5) is 29.0. The van der Waals surface area contributed by atoms with E-state index in [1.54, 1.807) is 0 Å². The zero-order chi connectivity index (χ0) is 21.3. The lowest BCUT2D eigenvalue weighted by Gasteiger charge is -2.41. The first-order valence-electron chi connectivity index (χ1n) is 11.9. The fraction of sp³-hybridized carbons (Fsp3) is 0.913. The van der Waals surface area contributed by atoms with Crippen LogP contribution in [0.4, 0.5) is 4.39 Å². The smallest absolute Gasteiger partial charge is 0.225 e. The molecule has 3 aliphatic rings. The van der Waals surface area contributed by atoms with E-state index in [1.807, 2.05) is 25.7 Å². The predicted octanol–water partition coefficient (Wildman–Crippen LogP) is 3.42. The van der Waals surface area contributed by atoms with Crippen LogP contribution in [0.2, 0.25) is 0 Å².